The predicted octanol–water partition coefficient (Wildman–Crippen LogP) is 4.67. The number of urea groups is 1. The van der Waals surface area contributed by atoms with Gasteiger partial charge in [0.05, 0.1) is 6.10 Å². The van der Waals surface area contributed by atoms with E-state index in [9.17, 15) is 14.7 Å². The van der Waals surface area contributed by atoms with Crippen LogP contribution in [-0.2, 0) is 11.3 Å². The molecule has 0 spiro atoms. The summed E-state index contributed by atoms with van der Waals surface area (Å²) < 4.78 is 0. The summed E-state index contributed by atoms with van der Waals surface area (Å²) >= 11 is 5.90. The zero-order valence-corrected chi connectivity index (χ0v) is 20.5. The van der Waals surface area contributed by atoms with Crippen LogP contribution in [-0.4, -0.2) is 59.6 Å². The van der Waals surface area contributed by atoms with Gasteiger partial charge in [-0.2, -0.15) is 0 Å². The average Bonchev–Trinajstić information content (AvgIpc) is 3.23. The van der Waals surface area contributed by atoms with E-state index < -0.39 is 18.2 Å². The molecule has 0 unspecified atom stereocenters. The molecule has 0 bridgehead atoms. The number of rotatable bonds is 6. The van der Waals surface area contributed by atoms with Crippen molar-refractivity contribution in [3.05, 3.63) is 83.4 Å². The molecule has 0 radical (unpaired) electrons. The van der Waals surface area contributed by atoms with Crippen LogP contribution < -0.4 is 10.6 Å². The molecule has 3 aromatic rings. The van der Waals surface area contributed by atoms with Crippen molar-refractivity contribution >= 4 is 34.9 Å². The highest BCUT2D eigenvalue weighted by atomic mass is 35.5. The number of nitrogens with zero attached hydrogens (tertiary/aromatic N) is 2. The van der Waals surface area contributed by atoms with Crippen LogP contribution >= 0.6 is 11.6 Å². The van der Waals surface area contributed by atoms with Crippen LogP contribution in [0.3, 0.4) is 0 Å². The third-order valence-electron chi connectivity index (χ3n) is 5.91. The first kappa shape index (κ1) is 24.7. The molecule has 0 aromatic heterocycles. The van der Waals surface area contributed by atoms with Crippen molar-refractivity contribution < 1.29 is 14.7 Å². The molecule has 1 aliphatic heterocycles. The van der Waals surface area contributed by atoms with Gasteiger partial charge in [0.25, 0.3) is 0 Å². The Morgan fingerprint density at radius 3 is 2.29 bits per heavy atom. The number of nitrogens with one attached hydrogen (secondary N) is 2. The first-order valence-electron chi connectivity index (χ1n) is 11.5. The second kappa shape index (κ2) is 10.9. The molecule has 1 fully saturated rings. The lowest BCUT2D eigenvalue weighted by molar-refractivity contribution is -0.119. The third-order valence-corrected chi connectivity index (χ3v) is 6.16. The molecule has 0 aliphatic carbocycles. The van der Waals surface area contributed by atoms with E-state index in [1.165, 1.54) is 10.5 Å². The van der Waals surface area contributed by atoms with Gasteiger partial charge in [-0.1, -0.05) is 48.0 Å². The number of aliphatic hydroxyl groups is 1. The van der Waals surface area contributed by atoms with Gasteiger partial charge in [0.2, 0.25) is 5.91 Å². The van der Waals surface area contributed by atoms with Crippen LogP contribution in [0.2, 0.25) is 5.02 Å². The second-order valence-corrected chi connectivity index (χ2v) is 9.39. The normalized spacial score (nSPS) is 17.5. The molecule has 182 valence electrons. The Balaban J connectivity index is 1.44. The summed E-state index contributed by atoms with van der Waals surface area (Å²) in [6, 6.07) is 21.4. The minimum atomic E-state index is -0.780. The fraction of sp³-hybridized carbons (Fsp3) is 0.259. The van der Waals surface area contributed by atoms with Gasteiger partial charge in [-0.05, 0) is 67.2 Å². The molecule has 3 aromatic carbocycles. The largest absolute Gasteiger partial charge is 0.391 e. The minimum Gasteiger partial charge on any atom is -0.391 e. The summed E-state index contributed by atoms with van der Waals surface area (Å²) in [6.07, 6.45) is -0.590. The number of likely N-dealkylation sites (tertiary alicyclic amines) is 1. The molecule has 35 heavy (non-hydrogen) atoms. The summed E-state index contributed by atoms with van der Waals surface area (Å²) in [5, 5.41) is 16.4. The Morgan fingerprint density at radius 2 is 1.60 bits per heavy atom. The SMILES string of the molecule is CN(C)Cc1ccccc1-c1ccc(NC(=O)[C@H]2C[C@@H](O)CN2C(=O)Nc2ccc(Cl)cc2)cc1. The smallest absolute Gasteiger partial charge is 0.322 e. The lowest BCUT2D eigenvalue weighted by Crippen LogP contribution is -2.45. The van der Waals surface area contributed by atoms with Crippen molar-refractivity contribution in [2.45, 2.75) is 25.1 Å². The lowest BCUT2D eigenvalue weighted by Gasteiger charge is -2.24. The number of benzene rings is 3. The Kier molecular flexibility index (Phi) is 7.70. The van der Waals surface area contributed by atoms with Crippen molar-refractivity contribution in [3.63, 3.8) is 0 Å². The van der Waals surface area contributed by atoms with Crippen molar-refractivity contribution in [1.82, 2.24) is 9.80 Å². The average molecular weight is 493 g/mol. The zero-order valence-electron chi connectivity index (χ0n) is 19.7. The summed E-state index contributed by atoms with van der Waals surface area (Å²) in [6.45, 7) is 0.908. The van der Waals surface area contributed by atoms with Gasteiger partial charge in [0, 0.05) is 35.9 Å². The molecule has 7 nitrogen and oxygen atoms in total. The summed E-state index contributed by atoms with van der Waals surface area (Å²) in [4.78, 5) is 29.3. The molecule has 4 rings (SSSR count). The topological polar surface area (TPSA) is 84.9 Å². The number of β-amino-alcohol motifs (C(OH)–C–C–N with tert-alkyl or cyclic N) is 1. The molecule has 2 atom stereocenters. The van der Waals surface area contributed by atoms with Crippen molar-refractivity contribution in [3.8, 4) is 11.1 Å². The molecule has 0 saturated carbocycles. The van der Waals surface area contributed by atoms with E-state index in [1.807, 2.05) is 50.5 Å². The van der Waals surface area contributed by atoms with Crippen LogP contribution in [0.1, 0.15) is 12.0 Å². The number of halogens is 1. The van der Waals surface area contributed by atoms with E-state index in [1.54, 1.807) is 24.3 Å². The number of amides is 3. The third kappa shape index (κ3) is 6.19. The molecule has 3 N–H and O–H groups in total. The maximum atomic E-state index is 13.0. The molecule has 1 heterocycles. The van der Waals surface area contributed by atoms with E-state index in [0.29, 0.717) is 16.4 Å². The number of carbonyl (C=O) groups excluding carboxylic acids is 2. The molecule has 8 heteroatoms. The monoisotopic (exact) mass is 492 g/mol. The molecule has 1 saturated heterocycles. The first-order chi connectivity index (χ1) is 16.8. The predicted molar refractivity (Wildman–Crippen MR) is 139 cm³/mol. The summed E-state index contributed by atoms with van der Waals surface area (Å²) in [7, 11) is 4.07. The fourth-order valence-corrected chi connectivity index (χ4v) is 4.38. The number of aliphatic hydroxyl groups excluding tert-OH is 1. The summed E-state index contributed by atoms with van der Waals surface area (Å²) in [5.74, 6) is -0.339. The van der Waals surface area contributed by atoms with E-state index in [2.05, 4.69) is 27.7 Å². The highest BCUT2D eigenvalue weighted by Gasteiger charge is 2.39. The Morgan fingerprint density at radius 1 is 0.971 bits per heavy atom. The van der Waals surface area contributed by atoms with Crippen LogP contribution in [0, 0.1) is 0 Å². The molecule has 1 aliphatic rings. The quantitative estimate of drug-likeness (QED) is 0.466. The standard InChI is InChI=1S/C27H29ClN4O3/c1-31(2)16-19-5-3-4-6-24(19)18-7-11-21(12-8-18)29-26(34)25-15-23(33)17-32(25)27(35)30-22-13-9-20(28)10-14-22/h3-14,23,25,33H,15-17H2,1-2H3,(H,29,34)(H,30,35)/t23-,25-/m1/s1. The van der Waals surface area contributed by atoms with Gasteiger partial charge in [-0.25, -0.2) is 4.79 Å². The van der Waals surface area contributed by atoms with Crippen molar-refractivity contribution in [2.24, 2.45) is 0 Å². The van der Waals surface area contributed by atoms with Gasteiger partial charge in [-0.15, -0.1) is 0 Å². The van der Waals surface area contributed by atoms with Crippen molar-refractivity contribution in [2.75, 3.05) is 31.3 Å². The second-order valence-electron chi connectivity index (χ2n) is 8.96. The van der Waals surface area contributed by atoms with E-state index in [0.717, 1.165) is 17.7 Å². The van der Waals surface area contributed by atoms with Gasteiger partial charge in [0.15, 0.2) is 0 Å². The zero-order chi connectivity index (χ0) is 24.9. The Bertz CT molecular complexity index is 1180. The van der Waals surface area contributed by atoms with Crippen LogP contribution in [0.5, 0.6) is 0 Å². The maximum absolute atomic E-state index is 13.0. The minimum absolute atomic E-state index is 0.0824. The van der Waals surface area contributed by atoms with Crippen LogP contribution in [0.15, 0.2) is 72.8 Å². The number of carbonyl (C=O) groups is 2. The summed E-state index contributed by atoms with van der Waals surface area (Å²) in [5.41, 5.74) is 4.61. The van der Waals surface area contributed by atoms with Gasteiger partial charge < -0.3 is 25.5 Å². The number of hydrogen-bond donors (Lipinski definition) is 3. The van der Waals surface area contributed by atoms with E-state index in [4.69, 9.17) is 11.6 Å². The molecular formula is C27H29ClN4O3. The number of hydrogen-bond acceptors (Lipinski definition) is 4. The van der Waals surface area contributed by atoms with E-state index in [-0.39, 0.29) is 18.9 Å². The highest BCUT2D eigenvalue weighted by Crippen LogP contribution is 2.27. The lowest BCUT2D eigenvalue weighted by atomic mass is 9.99. The highest BCUT2D eigenvalue weighted by molar-refractivity contribution is 6.30. The van der Waals surface area contributed by atoms with Gasteiger partial charge >= 0.3 is 6.03 Å². The Hall–Kier alpha value is -3.39. The van der Waals surface area contributed by atoms with Crippen molar-refractivity contribution in [1.29, 1.82) is 0 Å². The van der Waals surface area contributed by atoms with Crippen LogP contribution in [0.4, 0.5) is 16.2 Å². The fourth-order valence-electron chi connectivity index (χ4n) is 4.25. The van der Waals surface area contributed by atoms with E-state index >= 15 is 0 Å². The Labute approximate surface area is 210 Å². The molecular weight excluding hydrogens is 464 g/mol. The van der Waals surface area contributed by atoms with Crippen LogP contribution in [0.25, 0.3) is 11.1 Å². The van der Waals surface area contributed by atoms with Gasteiger partial charge in [-0.3, -0.25) is 4.79 Å². The van der Waals surface area contributed by atoms with Gasteiger partial charge in [0.1, 0.15) is 6.04 Å². The number of anilines is 2. The first-order valence-corrected chi connectivity index (χ1v) is 11.8. The maximum Gasteiger partial charge on any atom is 0.322 e. The molecule has 3 amide bonds.